The largest absolute Gasteiger partial charge is 0.306 e. The number of hydrogen-bond donors (Lipinski definition) is 2. The Labute approximate surface area is 225 Å². The number of halogens is 1. The van der Waals surface area contributed by atoms with Crippen LogP contribution in [0.2, 0.25) is 5.02 Å². The second-order valence-corrected chi connectivity index (χ2v) is 9.75. The van der Waals surface area contributed by atoms with Crippen molar-refractivity contribution in [2.75, 3.05) is 5.43 Å². The normalized spacial score (nSPS) is 11.8. The van der Waals surface area contributed by atoms with E-state index < -0.39 is 0 Å². The molecule has 1 heterocycles. The molecular weight excluding hydrogens is 498 g/mol. The summed E-state index contributed by atoms with van der Waals surface area (Å²) >= 11 is 7.80. The summed E-state index contributed by atoms with van der Waals surface area (Å²) < 4.78 is 0. The first-order chi connectivity index (χ1) is 18.3. The summed E-state index contributed by atoms with van der Waals surface area (Å²) in [5, 5.41) is 9.62. The van der Waals surface area contributed by atoms with Crippen LogP contribution in [-0.2, 0) is 0 Å². The minimum absolute atomic E-state index is 0.0936. The summed E-state index contributed by atoms with van der Waals surface area (Å²) in [6.45, 7) is 0. The predicted octanol–water partition coefficient (Wildman–Crippen LogP) is 7.82. The van der Waals surface area contributed by atoms with Crippen molar-refractivity contribution >= 4 is 29.3 Å². The third kappa shape index (κ3) is 6.55. The summed E-state index contributed by atoms with van der Waals surface area (Å²) in [4.78, 5) is 5.90. The van der Waals surface area contributed by atoms with Gasteiger partial charge in [-0.1, -0.05) is 103 Å². The number of nitrogens with zero attached hydrogens (tertiary/aromatic N) is 3. The topological polar surface area (TPSA) is 62.7 Å². The van der Waals surface area contributed by atoms with Gasteiger partial charge in [0.25, 0.3) is 5.95 Å². The highest BCUT2D eigenvalue weighted by atomic mass is 35.5. The van der Waals surface area contributed by atoms with Crippen molar-refractivity contribution < 1.29 is 0 Å². The molecule has 7 heteroatoms. The van der Waals surface area contributed by atoms with Crippen LogP contribution >= 0.6 is 23.4 Å². The number of nitrogens with one attached hydrogen (secondary N) is 2. The number of hydrogen-bond acceptors (Lipinski definition) is 6. The number of hydrazine groups is 1. The lowest BCUT2D eigenvalue weighted by molar-refractivity contribution is 0.922. The summed E-state index contributed by atoms with van der Waals surface area (Å²) in [6, 6.07) is 38.2. The Bertz CT molecular complexity index is 1450. The molecule has 0 saturated carbocycles. The monoisotopic (exact) mass is 521 g/mol. The van der Waals surface area contributed by atoms with Crippen LogP contribution in [0.4, 0.5) is 5.95 Å². The number of aromatic nitrogens is 3. The molecule has 5 rings (SSSR count). The molecule has 5 aromatic rings. The molecule has 0 aliphatic carbocycles. The van der Waals surface area contributed by atoms with Gasteiger partial charge in [-0.25, -0.2) is 4.98 Å². The van der Waals surface area contributed by atoms with Crippen LogP contribution in [0.25, 0.3) is 22.5 Å². The quantitative estimate of drug-likeness (QED) is 0.152. The predicted molar refractivity (Wildman–Crippen MR) is 153 cm³/mol. The average Bonchev–Trinajstić information content (AvgIpc) is 2.97. The fourth-order valence-corrected chi connectivity index (χ4v) is 4.89. The molecule has 0 aliphatic heterocycles. The van der Waals surface area contributed by atoms with Crippen LogP contribution < -0.4 is 10.9 Å². The van der Waals surface area contributed by atoms with Crippen LogP contribution in [0.5, 0.6) is 0 Å². The standard InChI is InChI=1S/C30H24ClN5S/c31-25-16-18-26(19-17-25)37-27(22-10-4-1-5-11-22)20-21-32-35-30-33-28(23-12-6-2-7-13-23)29(34-36-30)24-14-8-3-9-15-24/h1-21,27,32H,(H,33,35,36). The molecule has 5 nitrogen and oxygen atoms in total. The molecule has 37 heavy (non-hydrogen) atoms. The maximum atomic E-state index is 6.06. The fourth-order valence-electron chi connectivity index (χ4n) is 3.73. The molecule has 1 aromatic heterocycles. The van der Waals surface area contributed by atoms with Crippen LogP contribution in [0.3, 0.4) is 0 Å². The van der Waals surface area contributed by atoms with Gasteiger partial charge in [0, 0.05) is 27.2 Å². The van der Waals surface area contributed by atoms with E-state index in [2.05, 4.69) is 39.3 Å². The highest BCUT2D eigenvalue weighted by Crippen LogP contribution is 2.36. The Hall–Kier alpha value is -4.13. The van der Waals surface area contributed by atoms with E-state index in [-0.39, 0.29) is 5.25 Å². The Balaban J connectivity index is 1.34. The van der Waals surface area contributed by atoms with Gasteiger partial charge in [0.1, 0.15) is 11.4 Å². The summed E-state index contributed by atoms with van der Waals surface area (Å²) in [6.07, 6.45) is 3.95. The second-order valence-electron chi connectivity index (χ2n) is 8.10. The summed E-state index contributed by atoms with van der Waals surface area (Å²) in [7, 11) is 0. The van der Waals surface area contributed by atoms with Crippen LogP contribution in [-0.4, -0.2) is 15.2 Å². The van der Waals surface area contributed by atoms with Crippen molar-refractivity contribution in [3.05, 3.63) is 138 Å². The molecule has 4 aromatic carbocycles. The Kier molecular flexibility index (Phi) is 8.11. The Morgan fingerprint density at radius 1 is 0.676 bits per heavy atom. The van der Waals surface area contributed by atoms with Gasteiger partial charge in [0.2, 0.25) is 0 Å². The fraction of sp³-hybridized carbons (Fsp3) is 0.0333. The van der Waals surface area contributed by atoms with E-state index in [1.807, 2.05) is 109 Å². The molecule has 182 valence electrons. The lowest BCUT2D eigenvalue weighted by Crippen LogP contribution is -2.18. The maximum absolute atomic E-state index is 6.06. The van der Waals surface area contributed by atoms with Crippen molar-refractivity contribution in [1.29, 1.82) is 0 Å². The lowest BCUT2D eigenvalue weighted by Gasteiger charge is -2.14. The molecule has 0 saturated heterocycles. The van der Waals surface area contributed by atoms with E-state index in [0.717, 1.165) is 32.4 Å². The van der Waals surface area contributed by atoms with E-state index in [1.54, 1.807) is 11.8 Å². The smallest absolute Gasteiger partial charge is 0.261 e. The molecule has 0 spiro atoms. The van der Waals surface area contributed by atoms with Gasteiger partial charge in [-0.3, -0.25) is 5.43 Å². The molecule has 1 atom stereocenters. The zero-order valence-corrected chi connectivity index (χ0v) is 21.4. The third-order valence-electron chi connectivity index (χ3n) is 5.52. The number of thioether (sulfide) groups is 1. The van der Waals surface area contributed by atoms with E-state index >= 15 is 0 Å². The van der Waals surface area contributed by atoms with Gasteiger partial charge in [0.05, 0.1) is 5.25 Å². The first kappa shape index (κ1) is 24.6. The van der Waals surface area contributed by atoms with Gasteiger partial charge in [-0.2, -0.15) is 0 Å². The highest BCUT2D eigenvalue weighted by Gasteiger charge is 2.13. The lowest BCUT2D eigenvalue weighted by atomic mass is 10.0. The molecular formula is C30H24ClN5S. The maximum Gasteiger partial charge on any atom is 0.261 e. The molecule has 0 aliphatic rings. The van der Waals surface area contributed by atoms with Crippen molar-refractivity contribution in [2.45, 2.75) is 10.1 Å². The summed E-state index contributed by atoms with van der Waals surface area (Å²) in [5.74, 6) is 0.379. The van der Waals surface area contributed by atoms with Crippen molar-refractivity contribution in [2.24, 2.45) is 0 Å². The Morgan fingerprint density at radius 2 is 1.27 bits per heavy atom. The second kappa shape index (κ2) is 12.2. The average molecular weight is 522 g/mol. The van der Waals surface area contributed by atoms with Crippen molar-refractivity contribution in [3.63, 3.8) is 0 Å². The first-order valence-corrected chi connectivity index (χ1v) is 13.0. The van der Waals surface area contributed by atoms with Gasteiger partial charge < -0.3 is 5.43 Å². The van der Waals surface area contributed by atoms with E-state index in [1.165, 1.54) is 5.56 Å². The van der Waals surface area contributed by atoms with Gasteiger partial charge >= 0.3 is 0 Å². The molecule has 0 fully saturated rings. The van der Waals surface area contributed by atoms with Gasteiger partial charge in [-0.15, -0.1) is 22.0 Å². The van der Waals surface area contributed by atoms with Crippen LogP contribution in [0, 0.1) is 0 Å². The zero-order chi connectivity index (χ0) is 25.3. The molecule has 0 bridgehead atoms. The minimum Gasteiger partial charge on any atom is -0.306 e. The molecule has 1 unspecified atom stereocenters. The minimum atomic E-state index is 0.0936. The van der Waals surface area contributed by atoms with Gasteiger partial charge in [-0.05, 0) is 35.9 Å². The molecule has 0 radical (unpaired) electrons. The number of rotatable bonds is 9. The molecule has 2 N–H and O–H groups in total. The van der Waals surface area contributed by atoms with Gasteiger partial charge in [0.15, 0.2) is 0 Å². The number of anilines is 1. The molecule has 0 amide bonds. The van der Waals surface area contributed by atoms with Crippen LogP contribution in [0.1, 0.15) is 10.8 Å². The first-order valence-electron chi connectivity index (χ1n) is 11.8. The summed E-state index contributed by atoms with van der Waals surface area (Å²) in [5.41, 5.74) is 10.8. The highest BCUT2D eigenvalue weighted by molar-refractivity contribution is 7.99. The van der Waals surface area contributed by atoms with Crippen molar-refractivity contribution in [3.8, 4) is 22.5 Å². The van der Waals surface area contributed by atoms with Crippen LogP contribution in [0.15, 0.2) is 132 Å². The van der Waals surface area contributed by atoms with Crippen molar-refractivity contribution in [1.82, 2.24) is 20.6 Å². The SMILES string of the molecule is Clc1ccc(SC(C=CNNc2nnc(-c3ccccc3)c(-c3ccccc3)n2)c2ccccc2)cc1. The Morgan fingerprint density at radius 3 is 1.92 bits per heavy atom. The zero-order valence-electron chi connectivity index (χ0n) is 19.8. The van der Waals surface area contributed by atoms with E-state index in [9.17, 15) is 0 Å². The van der Waals surface area contributed by atoms with E-state index in [0.29, 0.717) is 5.95 Å². The van der Waals surface area contributed by atoms with E-state index in [4.69, 9.17) is 16.6 Å². The third-order valence-corrected chi connectivity index (χ3v) is 7.00. The number of benzene rings is 4.